The lowest BCUT2D eigenvalue weighted by molar-refractivity contribution is -0.129. The zero-order chi connectivity index (χ0) is 18.9. The van der Waals surface area contributed by atoms with Crippen LogP contribution in [0.2, 0.25) is 0 Å². The summed E-state index contributed by atoms with van der Waals surface area (Å²) in [6, 6.07) is 8.34. The minimum Gasteiger partial charge on any atom is -0.493 e. The number of ether oxygens (including phenoxy) is 1. The summed E-state index contributed by atoms with van der Waals surface area (Å²) < 4.78 is 5.75. The molecule has 0 aliphatic carbocycles. The van der Waals surface area contributed by atoms with E-state index in [0.717, 1.165) is 40.3 Å². The van der Waals surface area contributed by atoms with Gasteiger partial charge in [0.1, 0.15) is 5.75 Å². The van der Waals surface area contributed by atoms with Crippen molar-refractivity contribution in [3.63, 3.8) is 0 Å². The Morgan fingerprint density at radius 3 is 2.77 bits per heavy atom. The van der Waals surface area contributed by atoms with E-state index >= 15 is 0 Å². The lowest BCUT2D eigenvalue weighted by Gasteiger charge is -2.38. The second-order valence-electron chi connectivity index (χ2n) is 6.96. The molecule has 1 atom stereocenters. The third-order valence-corrected chi connectivity index (χ3v) is 5.92. The summed E-state index contributed by atoms with van der Waals surface area (Å²) in [6.07, 6.45) is 1.33. The van der Waals surface area contributed by atoms with Crippen LogP contribution in [-0.2, 0) is 10.3 Å². The Labute approximate surface area is 158 Å². The van der Waals surface area contributed by atoms with E-state index in [0.29, 0.717) is 6.42 Å². The SMILES string of the molecule is CCCOc1ccc(-c2csc([C@]3(C)CC(=O)N(C)C(=N)N3)c2)cc1C. The zero-order valence-electron chi connectivity index (χ0n) is 15.7. The summed E-state index contributed by atoms with van der Waals surface area (Å²) in [5, 5.41) is 13.3. The minimum atomic E-state index is -0.539. The summed E-state index contributed by atoms with van der Waals surface area (Å²) >= 11 is 1.62. The van der Waals surface area contributed by atoms with Crippen molar-refractivity contribution in [2.45, 2.75) is 39.2 Å². The Morgan fingerprint density at radius 1 is 1.35 bits per heavy atom. The number of amides is 1. The highest BCUT2D eigenvalue weighted by atomic mass is 32.1. The van der Waals surface area contributed by atoms with Crippen molar-refractivity contribution in [3.8, 4) is 16.9 Å². The van der Waals surface area contributed by atoms with Crippen molar-refractivity contribution in [2.24, 2.45) is 0 Å². The number of carbonyl (C=O) groups excluding carboxylic acids is 1. The van der Waals surface area contributed by atoms with Crippen LogP contribution in [0.1, 0.15) is 37.1 Å². The first-order valence-corrected chi connectivity index (χ1v) is 9.68. The van der Waals surface area contributed by atoms with Crippen LogP contribution in [0, 0.1) is 12.3 Å². The van der Waals surface area contributed by atoms with Gasteiger partial charge in [-0.15, -0.1) is 11.3 Å². The molecule has 1 aromatic heterocycles. The number of hydrogen-bond donors (Lipinski definition) is 2. The van der Waals surface area contributed by atoms with Gasteiger partial charge in [-0.05, 0) is 60.5 Å². The minimum absolute atomic E-state index is 0.0422. The van der Waals surface area contributed by atoms with Crippen molar-refractivity contribution >= 4 is 23.2 Å². The summed E-state index contributed by atoms with van der Waals surface area (Å²) in [4.78, 5) is 14.6. The van der Waals surface area contributed by atoms with Gasteiger partial charge in [-0.1, -0.05) is 13.0 Å². The molecule has 0 saturated carbocycles. The van der Waals surface area contributed by atoms with Gasteiger partial charge in [-0.2, -0.15) is 0 Å². The number of benzene rings is 1. The van der Waals surface area contributed by atoms with E-state index in [1.54, 1.807) is 18.4 Å². The van der Waals surface area contributed by atoms with Crippen LogP contribution in [0.3, 0.4) is 0 Å². The predicted octanol–water partition coefficient (Wildman–Crippen LogP) is 4.11. The number of rotatable bonds is 5. The highest BCUT2D eigenvalue weighted by Crippen LogP contribution is 2.37. The number of guanidine groups is 1. The van der Waals surface area contributed by atoms with Gasteiger partial charge in [-0.3, -0.25) is 15.1 Å². The van der Waals surface area contributed by atoms with E-state index in [-0.39, 0.29) is 11.9 Å². The molecule has 1 aliphatic rings. The van der Waals surface area contributed by atoms with Crippen LogP contribution in [0.5, 0.6) is 5.75 Å². The molecular formula is C20H25N3O2S. The van der Waals surface area contributed by atoms with E-state index in [1.165, 1.54) is 4.90 Å². The average molecular weight is 372 g/mol. The molecule has 0 radical (unpaired) electrons. The third-order valence-electron chi connectivity index (χ3n) is 4.72. The van der Waals surface area contributed by atoms with Gasteiger partial charge in [0.25, 0.3) is 0 Å². The zero-order valence-corrected chi connectivity index (χ0v) is 16.5. The number of aryl methyl sites for hydroxylation is 1. The summed E-state index contributed by atoms with van der Waals surface area (Å²) in [6.45, 7) is 6.86. The van der Waals surface area contributed by atoms with Crippen LogP contribution in [0.25, 0.3) is 11.1 Å². The Morgan fingerprint density at radius 2 is 2.12 bits per heavy atom. The van der Waals surface area contributed by atoms with E-state index < -0.39 is 5.54 Å². The molecule has 2 aromatic rings. The molecule has 5 nitrogen and oxygen atoms in total. The normalized spacial score (nSPS) is 20.2. The number of hydrogen-bond acceptors (Lipinski definition) is 4. The fourth-order valence-electron chi connectivity index (χ4n) is 3.06. The van der Waals surface area contributed by atoms with Gasteiger partial charge in [0.2, 0.25) is 5.91 Å². The Bertz CT molecular complexity index is 825. The van der Waals surface area contributed by atoms with Crippen LogP contribution in [-0.4, -0.2) is 30.4 Å². The van der Waals surface area contributed by atoms with Gasteiger partial charge >= 0.3 is 0 Å². The number of thiophene rings is 1. The van der Waals surface area contributed by atoms with Gasteiger partial charge in [0, 0.05) is 11.9 Å². The molecule has 1 aromatic carbocycles. The molecule has 3 rings (SSSR count). The molecule has 1 fully saturated rings. The largest absolute Gasteiger partial charge is 0.493 e. The van der Waals surface area contributed by atoms with Crippen LogP contribution in [0.4, 0.5) is 0 Å². The van der Waals surface area contributed by atoms with Crippen molar-refractivity contribution in [1.29, 1.82) is 5.41 Å². The van der Waals surface area contributed by atoms with Crippen LogP contribution in [0.15, 0.2) is 29.6 Å². The molecule has 0 spiro atoms. The molecule has 1 aliphatic heterocycles. The molecule has 138 valence electrons. The first-order valence-electron chi connectivity index (χ1n) is 8.80. The quantitative estimate of drug-likeness (QED) is 0.831. The topological polar surface area (TPSA) is 65.4 Å². The Kier molecular flexibility index (Phi) is 5.05. The summed E-state index contributed by atoms with van der Waals surface area (Å²) in [7, 11) is 1.63. The smallest absolute Gasteiger partial charge is 0.231 e. The van der Waals surface area contributed by atoms with E-state index in [9.17, 15) is 4.79 Å². The monoisotopic (exact) mass is 371 g/mol. The molecule has 1 amide bonds. The fraction of sp³-hybridized carbons (Fsp3) is 0.400. The van der Waals surface area contributed by atoms with Crippen LogP contribution < -0.4 is 10.1 Å². The molecule has 6 heteroatoms. The highest BCUT2D eigenvalue weighted by molar-refractivity contribution is 7.10. The standard InChI is InChI=1S/C20H25N3O2S/c1-5-8-25-16-7-6-14(9-13(16)2)15-10-17(26-12-15)20(3)11-18(24)23(4)19(21)22-20/h6-7,9-10,12H,5,8,11H2,1-4H3,(H2,21,22)/t20-/m0/s1. The fourth-order valence-corrected chi connectivity index (χ4v) is 4.10. The Hall–Kier alpha value is -2.34. The van der Waals surface area contributed by atoms with Crippen molar-refractivity contribution < 1.29 is 9.53 Å². The lowest BCUT2D eigenvalue weighted by atomic mass is 9.92. The van der Waals surface area contributed by atoms with Gasteiger partial charge in [-0.25, -0.2) is 0 Å². The number of carbonyl (C=O) groups is 1. The molecule has 1 saturated heterocycles. The second kappa shape index (κ2) is 7.11. The van der Waals surface area contributed by atoms with Gasteiger partial charge in [0.15, 0.2) is 5.96 Å². The van der Waals surface area contributed by atoms with Crippen molar-refractivity contribution in [2.75, 3.05) is 13.7 Å². The van der Waals surface area contributed by atoms with E-state index in [1.807, 2.05) is 13.0 Å². The Balaban J connectivity index is 1.85. The maximum Gasteiger partial charge on any atom is 0.231 e. The van der Waals surface area contributed by atoms with Gasteiger partial charge < -0.3 is 10.1 Å². The molecule has 0 bridgehead atoms. The molecule has 0 unspecified atom stereocenters. The second-order valence-corrected chi connectivity index (χ2v) is 7.87. The van der Waals surface area contributed by atoms with Crippen molar-refractivity contribution in [1.82, 2.24) is 10.2 Å². The third kappa shape index (κ3) is 3.46. The number of nitrogens with one attached hydrogen (secondary N) is 2. The summed E-state index contributed by atoms with van der Waals surface area (Å²) in [5.74, 6) is 1.03. The van der Waals surface area contributed by atoms with Crippen LogP contribution >= 0.6 is 11.3 Å². The summed E-state index contributed by atoms with van der Waals surface area (Å²) in [5.41, 5.74) is 2.83. The molecular weight excluding hydrogens is 346 g/mol. The number of nitrogens with zero attached hydrogens (tertiary/aromatic N) is 1. The maximum absolute atomic E-state index is 12.2. The van der Waals surface area contributed by atoms with Gasteiger partial charge in [0.05, 0.1) is 18.6 Å². The maximum atomic E-state index is 12.2. The lowest BCUT2D eigenvalue weighted by Crippen LogP contribution is -2.57. The first kappa shape index (κ1) is 18.5. The predicted molar refractivity (Wildman–Crippen MR) is 106 cm³/mol. The molecule has 26 heavy (non-hydrogen) atoms. The van der Waals surface area contributed by atoms with E-state index in [4.69, 9.17) is 10.1 Å². The van der Waals surface area contributed by atoms with E-state index in [2.05, 4.69) is 42.7 Å². The first-order chi connectivity index (χ1) is 12.3. The molecule has 2 N–H and O–H groups in total. The highest BCUT2D eigenvalue weighted by Gasteiger charge is 2.38. The molecule has 2 heterocycles. The average Bonchev–Trinajstić information content (AvgIpc) is 3.09. The van der Waals surface area contributed by atoms with Crippen molar-refractivity contribution in [3.05, 3.63) is 40.1 Å².